The van der Waals surface area contributed by atoms with Crippen molar-refractivity contribution in [2.45, 2.75) is 33.1 Å². The Kier molecular flexibility index (Phi) is 8.52. The molecule has 0 atom stereocenters. The van der Waals surface area contributed by atoms with E-state index in [-0.39, 0.29) is 0 Å². The van der Waals surface area contributed by atoms with Crippen LogP contribution < -0.4 is 10.1 Å². The summed E-state index contributed by atoms with van der Waals surface area (Å²) in [7, 11) is 0. The van der Waals surface area contributed by atoms with Gasteiger partial charge in [-0.05, 0) is 59.1 Å². The van der Waals surface area contributed by atoms with E-state index >= 15 is 0 Å². The summed E-state index contributed by atoms with van der Waals surface area (Å²) in [5.41, 5.74) is 1.87. The minimum absolute atomic E-state index is 0.588. The van der Waals surface area contributed by atoms with Crippen molar-refractivity contribution in [1.82, 2.24) is 4.98 Å². The van der Waals surface area contributed by atoms with Crippen LogP contribution in [0.2, 0.25) is 5.02 Å². The van der Waals surface area contributed by atoms with E-state index in [1.54, 1.807) is 0 Å². The zero-order valence-corrected chi connectivity index (χ0v) is 17.0. The van der Waals surface area contributed by atoms with E-state index in [9.17, 15) is 0 Å². The highest BCUT2D eigenvalue weighted by Crippen LogP contribution is 2.32. The third-order valence-electron chi connectivity index (χ3n) is 3.51. The van der Waals surface area contributed by atoms with Gasteiger partial charge in [-0.1, -0.05) is 24.9 Å². The maximum Gasteiger partial charge on any atom is 0.144 e. The molecule has 2 rings (SSSR count). The summed E-state index contributed by atoms with van der Waals surface area (Å²) in [4.78, 5) is 4.41. The quantitative estimate of drug-likeness (QED) is 0.463. The molecule has 4 nitrogen and oxygen atoms in total. The Bertz CT molecular complexity index is 682. The molecule has 25 heavy (non-hydrogen) atoms. The van der Waals surface area contributed by atoms with Crippen molar-refractivity contribution in [3.63, 3.8) is 0 Å². The van der Waals surface area contributed by atoms with Crippen molar-refractivity contribution in [1.29, 1.82) is 0 Å². The van der Waals surface area contributed by atoms with Gasteiger partial charge < -0.3 is 14.8 Å². The average molecular weight is 428 g/mol. The normalized spacial score (nSPS) is 10.7. The molecule has 0 aliphatic heterocycles. The number of anilines is 2. The fourth-order valence-electron chi connectivity index (χ4n) is 2.17. The zero-order valence-electron chi connectivity index (χ0n) is 14.6. The lowest BCUT2D eigenvalue weighted by molar-refractivity contribution is 0.117. The Morgan fingerprint density at radius 3 is 2.72 bits per heavy atom. The van der Waals surface area contributed by atoms with E-state index in [2.05, 4.69) is 33.2 Å². The first-order valence-electron chi connectivity index (χ1n) is 8.49. The van der Waals surface area contributed by atoms with Gasteiger partial charge in [0.25, 0.3) is 0 Å². The molecular weight excluding hydrogens is 404 g/mol. The first-order valence-corrected chi connectivity index (χ1v) is 9.66. The molecule has 0 bridgehead atoms. The number of rotatable bonds is 10. The lowest BCUT2D eigenvalue weighted by atomic mass is 10.2. The summed E-state index contributed by atoms with van der Waals surface area (Å²) in [6, 6.07) is 7.53. The Labute approximate surface area is 163 Å². The molecule has 0 radical (unpaired) electrons. The van der Waals surface area contributed by atoms with Gasteiger partial charge in [-0.25, -0.2) is 4.98 Å². The lowest BCUT2D eigenvalue weighted by Crippen LogP contribution is -2.05. The predicted octanol–water partition coefficient (Wildman–Crippen LogP) is 6.14. The maximum atomic E-state index is 6.13. The van der Waals surface area contributed by atoms with E-state index in [1.807, 2.05) is 37.4 Å². The SMILES string of the molecule is CCCCOCCCOc1ccc(Cl)cc1Nc1ncc(C)cc1Br. The smallest absolute Gasteiger partial charge is 0.144 e. The molecule has 0 fully saturated rings. The summed E-state index contributed by atoms with van der Waals surface area (Å²) < 4.78 is 12.3. The van der Waals surface area contributed by atoms with E-state index in [1.165, 1.54) is 0 Å². The topological polar surface area (TPSA) is 43.4 Å². The van der Waals surface area contributed by atoms with Crippen LogP contribution in [-0.4, -0.2) is 24.8 Å². The third kappa shape index (κ3) is 6.84. The third-order valence-corrected chi connectivity index (χ3v) is 4.34. The molecule has 0 unspecified atom stereocenters. The van der Waals surface area contributed by atoms with E-state index < -0.39 is 0 Å². The molecule has 1 aromatic heterocycles. The molecule has 6 heteroatoms. The molecule has 0 aliphatic carbocycles. The van der Waals surface area contributed by atoms with Crippen molar-refractivity contribution < 1.29 is 9.47 Å². The van der Waals surface area contributed by atoms with Crippen molar-refractivity contribution in [3.05, 3.63) is 45.5 Å². The minimum atomic E-state index is 0.588. The molecule has 0 saturated carbocycles. The molecule has 1 N–H and O–H groups in total. The Morgan fingerprint density at radius 1 is 1.16 bits per heavy atom. The highest BCUT2D eigenvalue weighted by Gasteiger charge is 2.09. The van der Waals surface area contributed by atoms with Gasteiger partial charge in [0.05, 0.1) is 16.8 Å². The lowest BCUT2D eigenvalue weighted by Gasteiger charge is -2.14. The van der Waals surface area contributed by atoms with Crippen LogP contribution in [0, 0.1) is 6.92 Å². The largest absolute Gasteiger partial charge is 0.491 e. The summed E-state index contributed by atoms with van der Waals surface area (Å²) in [5.74, 6) is 1.47. The first-order chi connectivity index (χ1) is 12.1. The van der Waals surface area contributed by atoms with Gasteiger partial charge in [0.15, 0.2) is 0 Å². The van der Waals surface area contributed by atoms with Gasteiger partial charge in [-0.3, -0.25) is 0 Å². The Morgan fingerprint density at radius 2 is 1.96 bits per heavy atom. The molecule has 0 spiro atoms. The van der Waals surface area contributed by atoms with Gasteiger partial charge in [-0.2, -0.15) is 0 Å². The van der Waals surface area contributed by atoms with Gasteiger partial charge in [-0.15, -0.1) is 0 Å². The summed E-state index contributed by atoms with van der Waals surface area (Å²) in [5, 5.41) is 3.92. The van der Waals surface area contributed by atoms with Crippen LogP contribution in [-0.2, 0) is 4.74 Å². The number of aromatic nitrogens is 1. The Hall–Kier alpha value is -1.30. The molecule has 0 amide bonds. The van der Waals surface area contributed by atoms with Crippen LogP contribution >= 0.6 is 27.5 Å². The van der Waals surface area contributed by atoms with Crippen molar-refractivity contribution in [2.24, 2.45) is 0 Å². The minimum Gasteiger partial charge on any atom is -0.491 e. The number of hydrogen-bond acceptors (Lipinski definition) is 4. The van der Waals surface area contributed by atoms with E-state index in [0.717, 1.165) is 53.2 Å². The Balaban J connectivity index is 1.95. The monoisotopic (exact) mass is 426 g/mol. The predicted molar refractivity (Wildman–Crippen MR) is 107 cm³/mol. The number of nitrogens with one attached hydrogen (secondary N) is 1. The number of hydrogen-bond donors (Lipinski definition) is 1. The zero-order chi connectivity index (χ0) is 18.1. The van der Waals surface area contributed by atoms with Crippen LogP contribution in [0.5, 0.6) is 5.75 Å². The second-order valence-corrected chi connectivity index (χ2v) is 7.07. The molecule has 0 aliphatic rings. The molecular formula is C19H24BrClN2O2. The second-order valence-electron chi connectivity index (χ2n) is 5.78. The second kappa shape index (κ2) is 10.6. The fraction of sp³-hybridized carbons (Fsp3) is 0.421. The van der Waals surface area contributed by atoms with Crippen LogP contribution in [0.4, 0.5) is 11.5 Å². The number of aryl methyl sites for hydroxylation is 1. The maximum absolute atomic E-state index is 6.13. The van der Waals surface area contributed by atoms with Crippen molar-refractivity contribution in [3.8, 4) is 5.75 Å². The molecule has 2 aromatic rings. The molecule has 136 valence electrons. The van der Waals surface area contributed by atoms with Crippen LogP contribution in [0.25, 0.3) is 0 Å². The summed E-state index contributed by atoms with van der Waals surface area (Å²) in [6.45, 7) is 6.27. The number of unbranched alkanes of at least 4 members (excludes halogenated alkanes) is 1. The van der Waals surface area contributed by atoms with Crippen LogP contribution in [0.1, 0.15) is 31.7 Å². The summed E-state index contributed by atoms with van der Waals surface area (Å²) >= 11 is 9.66. The number of ether oxygens (including phenoxy) is 2. The summed E-state index contributed by atoms with van der Waals surface area (Å²) in [6.07, 6.45) is 4.91. The molecule has 1 aromatic carbocycles. The standard InChI is InChI=1S/C19H24BrClN2O2/c1-3-4-8-24-9-5-10-25-18-7-6-15(21)12-17(18)23-19-16(20)11-14(2)13-22-19/h6-7,11-13H,3-5,8-10H2,1-2H3,(H,22,23). The van der Waals surface area contributed by atoms with Crippen LogP contribution in [0.15, 0.2) is 34.9 Å². The highest BCUT2D eigenvalue weighted by atomic mass is 79.9. The van der Waals surface area contributed by atoms with E-state index in [4.69, 9.17) is 21.1 Å². The number of nitrogens with zero attached hydrogens (tertiary/aromatic N) is 1. The molecule has 0 saturated heterocycles. The fourth-order valence-corrected chi connectivity index (χ4v) is 2.91. The van der Waals surface area contributed by atoms with Crippen molar-refractivity contribution >= 4 is 39.0 Å². The first kappa shape index (κ1) is 20.0. The molecule has 1 heterocycles. The number of pyridine rings is 1. The van der Waals surface area contributed by atoms with Gasteiger partial charge >= 0.3 is 0 Å². The van der Waals surface area contributed by atoms with Crippen molar-refractivity contribution in [2.75, 3.05) is 25.1 Å². The van der Waals surface area contributed by atoms with Gasteiger partial charge in [0, 0.05) is 30.9 Å². The average Bonchev–Trinajstić information content (AvgIpc) is 2.58. The van der Waals surface area contributed by atoms with E-state index in [0.29, 0.717) is 18.2 Å². The van der Waals surface area contributed by atoms with Gasteiger partial charge in [0.2, 0.25) is 0 Å². The van der Waals surface area contributed by atoms with Crippen LogP contribution in [0.3, 0.4) is 0 Å². The number of benzene rings is 1. The number of halogens is 2. The van der Waals surface area contributed by atoms with Gasteiger partial charge in [0.1, 0.15) is 11.6 Å². The highest BCUT2D eigenvalue weighted by molar-refractivity contribution is 9.10.